The van der Waals surface area contributed by atoms with Crippen LogP contribution in [0.4, 0.5) is 0 Å². The Bertz CT molecular complexity index is 441. The van der Waals surface area contributed by atoms with Crippen LogP contribution in [0.3, 0.4) is 0 Å². The molecule has 2 rings (SSSR count). The van der Waals surface area contributed by atoms with Crippen molar-refractivity contribution in [1.29, 1.82) is 0 Å². The Labute approximate surface area is 121 Å². The van der Waals surface area contributed by atoms with Gasteiger partial charge in [0.15, 0.2) is 5.96 Å². The van der Waals surface area contributed by atoms with E-state index in [1.165, 1.54) is 19.3 Å². The van der Waals surface area contributed by atoms with Gasteiger partial charge in [0, 0.05) is 25.7 Å². The average Bonchev–Trinajstić information content (AvgIpc) is 3.28. The first-order valence-corrected chi connectivity index (χ1v) is 7.48. The zero-order valence-corrected chi connectivity index (χ0v) is 12.5. The van der Waals surface area contributed by atoms with Crippen LogP contribution >= 0.6 is 0 Å². The van der Waals surface area contributed by atoms with Gasteiger partial charge in [0.05, 0.1) is 6.61 Å². The van der Waals surface area contributed by atoms with Gasteiger partial charge >= 0.3 is 0 Å². The summed E-state index contributed by atoms with van der Waals surface area (Å²) in [6.45, 7) is 4.41. The summed E-state index contributed by atoms with van der Waals surface area (Å²) < 4.78 is 5.62. The quantitative estimate of drug-likeness (QED) is 0.594. The largest absolute Gasteiger partial charge is 0.494 e. The van der Waals surface area contributed by atoms with Gasteiger partial charge in [0.25, 0.3) is 0 Å². The van der Waals surface area contributed by atoms with E-state index >= 15 is 0 Å². The maximum Gasteiger partial charge on any atom is 0.191 e. The van der Waals surface area contributed by atoms with Crippen LogP contribution in [0.1, 0.15) is 31.7 Å². The van der Waals surface area contributed by atoms with Gasteiger partial charge < -0.3 is 15.4 Å². The summed E-state index contributed by atoms with van der Waals surface area (Å²) in [6, 6.07) is 8.11. The summed E-state index contributed by atoms with van der Waals surface area (Å²) in [4.78, 5) is 4.25. The van der Waals surface area contributed by atoms with Crippen molar-refractivity contribution in [3.63, 3.8) is 0 Å². The highest BCUT2D eigenvalue weighted by atomic mass is 16.5. The number of rotatable bonds is 7. The molecule has 0 atom stereocenters. The van der Waals surface area contributed by atoms with Crippen LogP contribution in [0.25, 0.3) is 0 Å². The van der Waals surface area contributed by atoms with Gasteiger partial charge in [0.2, 0.25) is 0 Å². The van der Waals surface area contributed by atoms with Crippen LogP contribution in [0, 0.1) is 5.92 Å². The van der Waals surface area contributed by atoms with E-state index < -0.39 is 0 Å². The molecule has 1 aromatic rings. The molecule has 1 fully saturated rings. The average molecular weight is 275 g/mol. The van der Waals surface area contributed by atoms with Crippen molar-refractivity contribution in [2.24, 2.45) is 10.9 Å². The van der Waals surface area contributed by atoms with Crippen LogP contribution < -0.4 is 15.4 Å². The molecule has 0 saturated heterocycles. The number of aliphatic imine (C=N–C) groups is 1. The van der Waals surface area contributed by atoms with Crippen molar-refractivity contribution in [2.75, 3.05) is 20.2 Å². The van der Waals surface area contributed by atoms with E-state index in [1.54, 1.807) is 7.05 Å². The third-order valence-electron chi connectivity index (χ3n) is 3.48. The molecule has 1 aliphatic rings. The summed E-state index contributed by atoms with van der Waals surface area (Å²) >= 11 is 0. The fraction of sp³-hybridized carbons (Fsp3) is 0.562. The lowest BCUT2D eigenvalue weighted by molar-refractivity contribution is 0.336. The second kappa shape index (κ2) is 7.78. The normalized spacial score (nSPS) is 15.0. The highest BCUT2D eigenvalue weighted by Gasteiger charge is 2.20. The topological polar surface area (TPSA) is 45.6 Å². The minimum atomic E-state index is 0.686. The zero-order valence-electron chi connectivity index (χ0n) is 12.5. The molecule has 0 aliphatic heterocycles. The Kier molecular flexibility index (Phi) is 5.71. The molecule has 0 spiro atoms. The number of hydrogen-bond acceptors (Lipinski definition) is 2. The summed E-state index contributed by atoms with van der Waals surface area (Å²) in [5, 5.41) is 6.70. The van der Waals surface area contributed by atoms with Crippen LogP contribution in [0.2, 0.25) is 0 Å². The fourth-order valence-electron chi connectivity index (χ4n) is 2.15. The van der Waals surface area contributed by atoms with E-state index in [2.05, 4.69) is 21.7 Å². The number of hydrogen-bond donors (Lipinski definition) is 2. The van der Waals surface area contributed by atoms with Crippen molar-refractivity contribution in [1.82, 2.24) is 10.6 Å². The Hall–Kier alpha value is -1.71. The van der Waals surface area contributed by atoms with Crippen molar-refractivity contribution >= 4 is 5.96 Å². The first-order valence-electron chi connectivity index (χ1n) is 7.48. The van der Waals surface area contributed by atoms with Crippen LogP contribution in [0.15, 0.2) is 29.3 Å². The van der Waals surface area contributed by atoms with Gasteiger partial charge in [-0.05, 0) is 25.3 Å². The molecule has 0 unspecified atom stereocenters. The molecule has 0 radical (unpaired) electrons. The molecule has 1 saturated carbocycles. The maximum atomic E-state index is 5.62. The van der Waals surface area contributed by atoms with Gasteiger partial charge in [-0.1, -0.05) is 31.0 Å². The van der Waals surface area contributed by atoms with E-state index in [4.69, 9.17) is 4.74 Å². The molecule has 2 N–H and O–H groups in total. The van der Waals surface area contributed by atoms with Gasteiger partial charge in [-0.3, -0.25) is 4.99 Å². The van der Waals surface area contributed by atoms with E-state index in [0.717, 1.165) is 36.3 Å². The Morgan fingerprint density at radius 1 is 1.30 bits per heavy atom. The van der Waals surface area contributed by atoms with Gasteiger partial charge in [0.1, 0.15) is 5.75 Å². The van der Waals surface area contributed by atoms with Crippen molar-refractivity contribution in [3.05, 3.63) is 29.8 Å². The fourth-order valence-corrected chi connectivity index (χ4v) is 2.15. The minimum absolute atomic E-state index is 0.686. The number of ether oxygens (including phenoxy) is 1. The molecular formula is C16H25N3O. The Morgan fingerprint density at radius 3 is 2.80 bits per heavy atom. The smallest absolute Gasteiger partial charge is 0.191 e. The van der Waals surface area contributed by atoms with Crippen LogP contribution in [0.5, 0.6) is 5.75 Å². The number of para-hydroxylation sites is 1. The van der Waals surface area contributed by atoms with E-state index in [1.807, 2.05) is 25.1 Å². The zero-order chi connectivity index (χ0) is 14.2. The van der Waals surface area contributed by atoms with Crippen LogP contribution in [-0.4, -0.2) is 26.2 Å². The second-order valence-electron chi connectivity index (χ2n) is 5.13. The highest BCUT2D eigenvalue weighted by molar-refractivity contribution is 5.79. The van der Waals surface area contributed by atoms with E-state index in [0.29, 0.717) is 6.61 Å². The first kappa shape index (κ1) is 14.7. The van der Waals surface area contributed by atoms with E-state index in [-0.39, 0.29) is 0 Å². The lowest BCUT2D eigenvalue weighted by Crippen LogP contribution is -2.37. The van der Waals surface area contributed by atoms with Gasteiger partial charge in [-0.15, -0.1) is 0 Å². The third-order valence-corrected chi connectivity index (χ3v) is 3.48. The number of nitrogens with one attached hydrogen (secondary N) is 2. The molecule has 0 amide bonds. The summed E-state index contributed by atoms with van der Waals surface area (Å²) in [7, 11) is 1.81. The van der Waals surface area contributed by atoms with Crippen molar-refractivity contribution in [2.45, 2.75) is 32.7 Å². The highest BCUT2D eigenvalue weighted by Crippen LogP contribution is 2.31. The Balaban J connectivity index is 1.79. The molecule has 0 heterocycles. The summed E-state index contributed by atoms with van der Waals surface area (Å²) in [5.41, 5.74) is 1.15. The third kappa shape index (κ3) is 4.76. The molecular weight excluding hydrogens is 250 g/mol. The number of nitrogens with zero attached hydrogens (tertiary/aromatic N) is 1. The monoisotopic (exact) mass is 275 g/mol. The maximum absolute atomic E-state index is 5.62. The number of benzene rings is 1. The molecule has 0 aromatic heterocycles. The SMILES string of the molecule is CCOc1ccccc1CNC(=NC)NCCC1CC1. The lowest BCUT2D eigenvalue weighted by atomic mass is 10.2. The molecule has 4 heteroatoms. The Morgan fingerprint density at radius 2 is 2.10 bits per heavy atom. The van der Waals surface area contributed by atoms with Crippen LogP contribution in [-0.2, 0) is 6.54 Å². The lowest BCUT2D eigenvalue weighted by Gasteiger charge is -2.14. The molecule has 110 valence electrons. The minimum Gasteiger partial charge on any atom is -0.494 e. The van der Waals surface area contributed by atoms with Crippen molar-refractivity contribution < 1.29 is 4.74 Å². The summed E-state index contributed by atoms with van der Waals surface area (Å²) in [5.74, 6) is 2.74. The van der Waals surface area contributed by atoms with Crippen molar-refractivity contribution in [3.8, 4) is 5.75 Å². The number of guanidine groups is 1. The second-order valence-corrected chi connectivity index (χ2v) is 5.13. The molecule has 4 nitrogen and oxygen atoms in total. The molecule has 20 heavy (non-hydrogen) atoms. The molecule has 0 bridgehead atoms. The predicted molar refractivity (Wildman–Crippen MR) is 83.2 cm³/mol. The summed E-state index contributed by atoms with van der Waals surface area (Å²) in [6.07, 6.45) is 4.04. The predicted octanol–water partition coefficient (Wildman–Crippen LogP) is 2.55. The standard InChI is InChI=1S/C16H25N3O/c1-3-20-15-7-5-4-6-14(15)12-19-16(17-2)18-11-10-13-8-9-13/h4-7,13H,3,8-12H2,1-2H3,(H2,17,18,19). The molecule has 1 aliphatic carbocycles. The molecule has 1 aromatic carbocycles. The van der Waals surface area contributed by atoms with E-state index in [9.17, 15) is 0 Å². The first-order chi connectivity index (χ1) is 9.83. The van der Waals surface area contributed by atoms with Gasteiger partial charge in [-0.2, -0.15) is 0 Å². The van der Waals surface area contributed by atoms with Gasteiger partial charge in [-0.25, -0.2) is 0 Å².